The van der Waals surface area contributed by atoms with Crippen LogP contribution in [0.5, 0.6) is 0 Å². The van der Waals surface area contributed by atoms with E-state index in [0.29, 0.717) is 15.6 Å². The van der Waals surface area contributed by atoms with Crippen molar-refractivity contribution in [1.82, 2.24) is 10.2 Å². The summed E-state index contributed by atoms with van der Waals surface area (Å²) in [7, 11) is 0. The van der Waals surface area contributed by atoms with Gasteiger partial charge in [0.15, 0.2) is 0 Å². The number of H-pyrrole nitrogens is 1. The van der Waals surface area contributed by atoms with E-state index in [1.807, 2.05) is 35.7 Å². The summed E-state index contributed by atoms with van der Waals surface area (Å²) >= 11 is 7.49. The van der Waals surface area contributed by atoms with E-state index in [0.717, 1.165) is 29.8 Å². The summed E-state index contributed by atoms with van der Waals surface area (Å²) in [6.45, 7) is 2.09. The van der Waals surface area contributed by atoms with Crippen LogP contribution in [0, 0.1) is 0 Å². The Morgan fingerprint density at radius 1 is 1.35 bits per heavy atom. The Kier molecular flexibility index (Phi) is 4.79. The van der Waals surface area contributed by atoms with Gasteiger partial charge in [0, 0.05) is 10.6 Å². The number of carbonyl (C=O) groups is 1. The van der Waals surface area contributed by atoms with Gasteiger partial charge >= 0.3 is 0 Å². The second kappa shape index (κ2) is 6.98. The van der Waals surface area contributed by atoms with E-state index < -0.39 is 0 Å². The zero-order valence-corrected chi connectivity index (χ0v) is 14.2. The Morgan fingerprint density at radius 3 is 2.91 bits per heavy atom. The van der Waals surface area contributed by atoms with Gasteiger partial charge < -0.3 is 5.32 Å². The van der Waals surface area contributed by atoms with Crippen LogP contribution < -0.4 is 5.32 Å². The Hall–Kier alpha value is -2.11. The van der Waals surface area contributed by atoms with Crippen LogP contribution in [0.4, 0.5) is 5.69 Å². The molecule has 2 N–H and O–H groups in total. The molecule has 0 unspecified atom stereocenters. The molecular formula is C17H16ClN3OS. The second-order valence-corrected chi connectivity index (χ2v) is 6.50. The van der Waals surface area contributed by atoms with Crippen molar-refractivity contribution in [2.75, 3.05) is 5.32 Å². The Balaban J connectivity index is 1.99. The van der Waals surface area contributed by atoms with Crippen LogP contribution in [0.2, 0.25) is 5.02 Å². The summed E-state index contributed by atoms with van der Waals surface area (Å²) in [6, 6.07) is 11.1. The molecule has 0 atom stereocenters. The van der Waals surface area contributed by atoms with Crippen molar-refractivity contribution >= 4 is 34.5 Å². The van der Waals surface area contributed by atoms with E-state index in [-0.39, 0.29) is 5.91 Å². The molecule has 6 heteroatoms. The van der Waals surface area contributed by atoms with Crippen molar-refractivity contribution in [3.63, 3.8) is 0 Å². The first-order valence-electron chi connectivity index (χ1n) is 7.37. The number of benzene rings is 1. The van der Waals surface area contributed by atoms with Gasteiger partial charge in [-0.05, 0) is 30.0 Å². The van der Waals surface area contributed by atoms with Crippen molar-refractivity contribution in [3.05, 3.63) is 57.4 Å². The highest BCUT2D eigenvalue weighted by molar-refractivity contribution is 7.12. The molecule has 0 saturated heterocycles. The number of anilines is 1. The quantitative estimate of drug-likeness (QED) is 0.683. The molecule has 3 rings (SSSR count). The molecule has 2 aromatic heterocycles. The number of hydrogen-bond acceptors (Lipinski definition) is 3. The minimum atomic E-state index is -0.123. The summed E-state index contributed by atoms with van der Waals surface area (Å²) in [5.41, 5.74) is 3.23. The molecule has 0 saturated carbocycles. The average Bonchev–Trinajstić information content (AvgIpc) is 3.18. The molecule has 2 heterocycles. The Bertz CT molecular complexity index is 811. The fourth-order valence-corrected chi connectivity index (χ4v) is 3.18. The number of nitrogens with one attached hydrogen (secondary N) is 2. The first-order valence-corrected chi connectivity index (χ1v) is 8.63. The van der Waals surface area contributed by atoms with E-state index in [9.17, 15) is 4.79 Å². The largest absolute Gasteiger partial charge is 0.318 e. The number of aromatic nitrogens is 2. The number of nitrogens with zero attached hydrogens (tertiary/aromatic N) is 1. The molecular weight excluding hydrogens is 330 g/mol. The first kappa shape index (κ1) is 15.8. The van der Waals surface area contributed by atoms with E-state index in [2.05, 4.69) is 22.4 Å². The van der Waals surface area contributed by atoms with Crippen molar-refractivity contribution < 1.29 is 4.79 Å². The minimum absolute atomic E-state index is 0.123. The SMILES string of the molecule is CCCc1[nH]nc(-c2cccc(Cl)c2)c1NC(=O)c1cccs1. The van der Waals surface area contributed by atoms with Crippen LogP contribution in [0.25, 0.3) is 11.3 Å². The molecule has 4 nitrogen and oxygen atoms in total. The van der Waals surface area contributed by atoms with Crippen molar-refractivity contribution in [2.45, 2.75) is 19.8 Å². The van der Waals surface area contributed by atoms with Gasteiger partial charge in [0.2, 0.25) is 0 Å². The third kappa shape index (κ3) is 3.46. The van der Waals surface area contributed by atoms with Gasteiger partial charge in [-0.2, -0.15) is 5.10 Å². The van der Waals surface area contributed by atoms with Crippen LogP contribution in [0.3, 0.4) is 0 Å². The summed E-state index contributed by atoms with van der Waals surface area (Å²) in [5, 5.41) is 12.9. The van der Waals surface area contributed by atoms with Gasteiger partial charge in [0.05, 0.1) is 16.3 Å². The van der Waals surface area contributed by atoms with Gasteiger partial charge in [-0.15, -0.1) is 11.3 Å². The molecule has 118 valence electrons. The maximum absolute atomic E-state index is 12.4. The van der Waals surface area contributed by atoms with Crippen LogP contribution in [0.1, 0.15) is 28.7 Å². The number of halogens is 1. The van der Waals surface area contributed by atoms with Gasteiger partial charge in [-0.1, -0.05) is 43.1 Å². The number of amides is 1. The topological polar surface area (TPSA) is 57.8 Å². The van der Waals surface area contributed by atoms with Gasteiger partial charge in [0.1, 0.15) is 5.69 Å². The highest BCUT2D eigenvalue weighted by atomic mass is 35.5. The van der Waals surface area contributed by atoms with E-state index >= 15 is 0 Å². The molecule has 23 heavy (non-hydrogen) atoms. The summed E-state index contributed by atoms with van der Waals surface area (Å²) in [4.78, 5) is 13.1. The van der Waals surface area contributed by atoms with E-state index in [1.165, 1.54) is 11.3 Å². The predicted octanol–water partition coefficient (Wildman–Crippen LogP) is 5.00. The molecule has 0 aliphatic rings. The van der Waals surface area contributed by atoms with Crippen molar-refractivity contribution in [2.24, 2.45) is 0 Å². The number of aryl methyl sites for hydroxylation is 1. The lowest BCUT2D eigenvalue weighted by molar-refractivity contribution is 0.103. The van der Waals surface area contributed by atoms with E-state index in [1.54, 1.807) is 6.07 Å². The smallest absolute Gasteiger partial charge is 0.265 e. The molecule has 0 aliphatic heterocycles. The normalized spacial score (nSPS) is 10.7. The highest BCUT2D eigenvalue weighted by Crippen LogP contribution is 2.31. The number of rotatable bonds is 5. The fourth-order valence-electron chi connectivity index (χ4n) is 2.37. The molecule has 0 radical (unpaired) electrons. The zero-order chi connectivity index (χ0) is 16.2. The summed E-state index contributed by atoms with van der Waals surface area (Å²) < 4.78 is 0. The fraction of sp³-hybridized carbons (Fsp3) is 0.176. The third-order valence-corrected chi connectivity index (χ3v) is 4.53. The third-order valence-electron chi connectivity index (χ3n) is 3.42. The molecule has 0 spiro atoms. The lowest BCUT2D eigenvalue weighted by Crippen LogP contribution is -2.11. The standard InChI is InChI=1S/C17H16ClN3OS/c1-2-5-13-16(19-17(22)14-8-4-9-23-14)15(21-20-13)11-6-3-7-12(18)10-11/h3-4,6-10H,2,5H2,1H3,(H,19,22)(H,20,21). The van der Waals surface area contributed by atoms with Crippen molar-refractivity contribution in [1.29, 1.82) is 0 Å². The monoisotopic (exact) mass is 345 g/mol. The maximum atomic E-state index is 12.4. The van der Waals surface area contributed by atoms with Gasteiger partial charge in [-0.3, -0.25) is 9.89 Å². The van der Waals surface area contributed by atoms with Crippen LogP contribution in [-0.4, -0.2) is 16.1 Å². The highest BCUT2D eigenvalue weighted by Gasteiger charge is 2.18. The Labute approximate surface area is 143 Å². The zero-order valence-electron chi connectivity index (χ0n) is 12.6. The second-order valence-electron chi connectivity index (χ2n) is 5.12. The number of thiophene rings is 1. The summed E-state index contributed by atoms with van der Waals surface area (Å²) in [6.07, 6.45) is 1.77. The predicted molar refractivity (Wildman–Crippen MR) is 95.3 cm³/mol. The first-order chi connectivity index (χ1) is 11.2. The molecule has 0 fully saturated rings. The number of hydrogen-bond donors (Lipinski definition) is 2. The summed E-state index contributed by atoms with van der Waals surface area (Å²) in [5.74, 6) is -0.123. The molecule has 1 aromatic carbocycles. The molecule has 0 bridgehead atoms. The van der Waals surface area contributed by atoms with Gasteiger partial charge in [0.25, 0.3) is 5.91 Å². The lowest BCUT2D eigenvalue weighted by atomic mass is 10.1. The van der Waals surface area contributed by atoms with Gasteiger partial charge in [-0.25, -0.2) is 0 Å². The number of aromatic amines is 1. The molecule has 0 aliphatic carbocycles. The lowest BCUT2D eigenvalue weighted by Gasteiger charge is -2.07. The number of carbonyl (C=O) groups excluding carboxylic acids is 1. The molecule has 1 amide bonds. The van der Waals surface area contributed by atoms with E-state index in [4.69, 9.17) is 11.6 Å². The van der Waals surface area contributed by atoms with Crippen LogP contribution >= 0.6 is 22.9 Å². The molecule has 3 aromatic rings. The minimum Gasteiger partial charge on any atom is -0.318 e. The van der Waals surface area contributed by atoms with Crippen molar-refractivity contribution in [3.8, 4) is 11.3 Å². The Morgan fingerprint density at radius 2 is 2.22 bits per heavy atom. The van der Waals surface area contributed by atoms with Crippen LogP contribution in [0.15, 0.2) is 41.8 Å². The van der Waals surface area contributed by atoms with Crippen LogP contribution in [-0.2, 0) is 6.42 Å². The average molecular weight is 346 g/mol. The maximum Gasteiger partial charge on any atom is 0.265 e.